The molecule has 8 nitrogen and oxygen atoms in total. The summed E-state index contributed by atoms with van der Waals surface area (Å²) in [4.78, 5) is 13.8. The largest absolute Gasteiger partial charge is 0.365 e. The molecule has 2 fully saturated rings. The fourth-order valence-electron chi connectivity index (χ4n) is 6.42. The van der Waals surface area contributed by atoms with Crippen LogP contribution in [-0.2, 0) is 0 Å². The molecule has 39 heavy (non-hydrogen) atoms. The number of anilines is 1. The van der Waals surface area contributed by atoms with E-state index in [9.17, 15) is 4.39 Å². The van der Waals surface area contributed by atoms with Crippen molar-refractivity contribution in [2.75, 3.05) is 25.0 Å². The van der Waals surface area contributed by atoms with Gasteiger partial charge in [0.15, 0.2) is 5.65 Å². The van der Waals surface area contributed by atoms with E-state index in [2.05, 4.69) is 38.1 Å². The van der Waals surface area contributed by atoms with E-state index < -0.39 is 0 Å². The molecule has 9 heteroatoms. The summed E-state index contributed by atoms with van der Waals surface area (Å²) in [7, 11) is 2.17. The molecule has 2 aliphatic heterocycles. The Labute approximate surface area is 223 Å². The van der Waals surface area contributed by atoms with Gasteiger partial charge in [0.25, 0.3) is 0 Å². The maximum Gasteiger partial charge on any atom is 0.164 e. The molecule has 4 aromatic heterocycles. The van der Waals surface area contributed by atoms with Gasteiger partial charge in [-0.25, -0.2) is 13.9 Å². The molecular formula is C30H25FN8. The summed E-state index contributed by atoms with van der Waals surface area (Å²) >= 11 is 0. The van der Waals surface area contributed by atoms with Crippen molar-refractivity contribution in [3.63, 3.8) is 0 Å². The van der Waals surface area contributed by atoms with Crippen molar-refractivity contribution >= 4 is 22.2 Å². The summed E-state index contributed by atoms with van der Waals surface area (Å²) < 4.78 is 16.6. The topological polar surface area (TPSA) is 78.2 Å². The van der Waals surface area contributed by atoms with Crippen molar-refractivity contribution in [1.82, 2.24) is 34.7 Å². The van der Waals surface area contributed by atoms with Gasteiger partial charge in [-0.3, -0.25) is 15.0 Å². The van der Waals surface area contributed by atoms with Crippen LogP contribution in [0.1, 0.15) is 6.42 Å². The monoisotopic (exact) mass is 516 g/mol. The average Bonchev–Trinajstić information content (AvgIpc) is 3.75. The molecule has 0 spiro atoms. The van der Waals surface area contributed by atoms with E-state index in [1.54, 1.807) is 18.5 Å². The number of piperazine rings is 1. The molecule has 6 aromatic rings. The van der Waals surface area contributed by atoms with E-state index in [0.29, 0.717) is 12.1 Å². The number of likely N-dealkylation sites (tertiary alicyclic amines) is 1. The van der Waals surface area contributed by atoms with Crippen LogP contribution in [0.25, 0.3) is 50.2 Å². The molecule has 1 N–H and O–H groups in total. The molecule has 2 saturated heterocycles. The number of halogens is 1. The molecule has 2 aromatic carbocycles. The zero-order valence-corrected chi connectivity index (χ0v) is 21.3. The molecule has 0 amide bonds. The Morgan fingerprint density at radius 2 is 1.85 bits per heavy atom. The van der Waals surface area contributed by atoms with Crippen molar-refractivity contribution in [3.05, 3.63) is 85.2 Å². The maximum absolute atomic E-state index is 14.7. The maximum atomic E-state index is 14.7. The van der Waals surface area contributed by atoms with E-state index in [0.717, 1.165) is 75.4 Å². The highest BCUT2D eigenvalue weighted by Crippen LogP contribution is 2.42. The number of hydrogen-bond donors (Lipinski definition) is 1. The summed E-state index contributed by atoms with van der Waals surface area (Å²) in [5, 5.41) is 13.5. The zero-order valence-electron chi connectivity index (χ0n) is 21.3. The Bertz CT molecular complexity index is 1860. The third-order valence-electron chi connectivity index (χ3n) is 8.29. The smallest absolute Gasteiger partial charge is 0.164 e. The summed E-state index contributed by atoms with van der Waals surface area (Å²) in [5.74, 6) is -0.236. The lowest BCUT2D eigenvalue weighted by Gasteiger charge is -2.34. The van der Waals surface area contributed by atoms with E-state index in [1.165, 1.54) is 6.07 Å². The van der Waals surface area contributed by atoms with E-state index in [4.69, 9.17) is 10.1 Å². The van der Waals surface area contributed by atoms with Crippen molar-refractivity contribution in [2.45, 2.75) is 18.5 Å². The number of pyridine rings is 1. The molecule has 2 aliphatic rings. The van der Waals surface area contributed by atoms with Gasteiger partial charge in [-0.1, -0.05) is 12.1 Å². The normalized spacial score (nSPS) is 19.1. The number of benzene rings is 2. The van der Waals surface area contributed by atoms with E-state index >= 15 is 0 Å². The van der Waals surface area contributed by atoms with Crippen molar-refractivity contribution in [2.24, 2.45) is 0 Å². The average molecular weight is 517 g/mol. The first kappa shape index (κ1) is 22.4. The van der Waals surface area contributed by atoms with Gasteiger partial charge in [0.1, 0.15) is 11.5 Å². The molecule has 6 heterocycles. The Balaban J connectivity index is 1.39. The van der Waals surface area contributed by atoms with Crippen molar-refractivity contribution in [1.29, 1.82) is 0 Å². The zero-order chi connectivity index (χ0) is 26.1. The van der Waals surface area contributed by atoms with Crippen LogP contribution in [0.5, 0.6) is 0 Å². The molecule has 0 unspecified atom stereocenters. The molecular weight excluding hydrogens is 491 g/mol. The Morgan fingerprint density at radius 3 is 2.67 bits per heavy atom. The lowest BCUT2D eigenvalue weighted by atomic mass is 9.99. The fraction of sp³-hybridized carbons (Fsp3) is 0.200. The molecule has 2 atom stereocenters. The third kappa shape index (κ3) is 3.39. The first-order chi connectivity index (χ1) is 19.2. The Kier molecular flexibility index (Phi) is 4.84. The highest BCUT2D eigenvalue weighted by Gasteiger charge is 2.42. The molecule has 0 radical (unpaired) electrons. The van der Waals surface area contributed by atoms with Crippen LogP contribution in [-0.4, -0.2) is 66.9 Å². The number of H-pyrrole nitrogens is 1. The minimum Gasteiger partial charge on any atom is -0.365 e. The summed E-state index contributed by atoms with van der Waals surface area (Å²) in [6.07, 6.45) is 8.30. The van der Waals surface area contributed by atoms with Gasteiger partial charge in [0.2, 0.25) is 0 Å². The van der Waals surface area contributed by atoms with Crippen LogP contribution in [0.3, 0.4) is 0 Å². The van der Waals surface area contributed by atoms with Crippen LogP contribution in [0, 0.1) is 5.82 Å². The second-order valence-electron chi connectivity index (χ2n) is 10.5. The molecule has 192 valence electrons. The van der Waals surface area contributed by atoms with Crippen LogP contribution >= 0.6 is 0 Å². The van der Waals surface area contributed by atoms with Crippen LogP contribution in [0.15, 0.2) is 79.4 Å². The lowest BCUT2D eigenvalue weighted by Crippen LogP contribution is -2.44. The van der Waals surface area contributed by atoms with Gasteiger partial charge < -0.3 is 4.90 Å². The third-order valence-corrected chi connectivity index (χ3v) is 8.29. The number of aromatic nitrogens is 6. The van der Waals surface area contributed by atoms with E-state index in [1.807, 2.05) is 53.3 Å². The van der Waals surface area contributed by atoms with Gasteiger partial charge in [0.05, 0.1) is 23.0 Å². The summed E-state index contributed by atoms with van der Waals surface area (Å²) in [6.45, 7) is 1.88. The van der Waals surface area contributed by atoms with Crippen LogP contribution in [0.2, 0.25) is 0 Å². The minimum atomic E-state index is -0.236. The summed E-state index contributed by atoms with van der Waals surface area (Å²) in [6, 6.07) is 17.9. The van der Waals surface area contributed by atoms with Crippen molar-refractivity contribution in [3.8, 4) is 33.6 Å². The number of nitrogens with zero attached hydrogens (tertiary/aromatic N) is 7. The fourth-order valence-corrected chi connectivity index (χ4v) is 6.42. The Morgan fingerprint density at radius 1 is 0.949 bits per heavy atom. The highest BCUT2D eigenvalue weighted by atomic mass is 19.1. The van der Waals surface area contributed by atoms with Gasteiger partial charge >= 0.3 is 0 Å². The van der Waals surface area contributed by atoms with Crippen molar-refractivity contribution < 1.29 is 4.39 Å². The van der Waals surface area contributed by atoms with Gasteiger partial charge in [-0.05, 0) is 61.5 Å². The standard InChI is InChI=1S/C30H25FN8/c1-37-16-21-14-20(37)17-38(21)27-13-19(31)5-6-23(27)26-9-12-33-30-28(22-3-2-4-25-24(22)15-34-35-25)29(36-39(26)30)18-7-10-32-11-8-18/h2-13,15,20-21H,14,16-17H2,1H3,(H,34,35)/t20-,21-/m1/s1. The molecule has 0 saturated carbocycles. The minimum absolute atomic E-state index is 0.236. The molecule has 2 bridgehead atoms. The first-order valence-corrected chi connectivity index (χ1v) is 13.1. The number of nitrogens with one attached hydrogen (secondary N) is 1. The van der Waals surface area contributed by atoms with E-state index in [-0.39, 0.29) is 5.82 Å². The van der Waals surface area contributed by atoms with Crippen LogP contribution in [0.4, 0.5) is 10.1 Å². The number of fused-ring (bicyclic) bond motifs is 4. The first-order valence-electron chi connectivity index (χ1n) is 13.1. The lowest BCUT2D eigenvalue weighted by molar-refractivity contribution is 0.292. The quantitative estimate of drug-likeness (QED) is 0.354. The number of aromatic amines is 1. The van der Waals surface area contributed by atoms with Gasteiger partial charge in [-0.2, -0.15) is 10.2 Å². The number of hydrogen-bond acceptors (Lipinski definition) is 6. The van der Waals surface area contributed by atoms with Gasteiger partial charge in [-0.15, -0.1) is 0 Å². The summed E-state index contributed by atoms with van der Waals surface area (Å²) in [5.41, 5.74) is 8.04. The van der Waals surface area contributed by atoms with Gasteiger partial charge in [0, 0.05) is 66.0 Å². The Hall–Kier alpha value is -4.63. The SMILES string of the molecule is CN1C[C@H]2C[C@@H]1CN2c1cc(F)ccc1-c1ccnc2c(-c3cccc4[nH]ncc34)c(-c3ccncc3)nn12. The second kappa shape index (κ2) is 8.44. The number of rotatable bonds is 4. The highest BCUT2D eigenvalue weighted by molar-refractivity contribution is 6.03. The number of likely N-dealkylation sites (N-methyl/N-ethyl adjacent to an activating group) is 1. The molecule has 8 rings (SSSR count). The van der Waals surface area contributed by atoms with Crippen LogP contribution < -0.4 is 4.90 Å². The molecule has 0 aliphatic carbocycles. The predicted octanol–water partition coefficient (Wildman–Crippen LogP) is 5.03. The predicted molar refractivity (Wildman–Crippen MR) is 149 cm³/mol. The second-order valence-corrected chi connectivity index (χ2v) is 10.5.